The number of aromatic nitrogens is 2. The van der Waals surface area contributed by atoms with E-state index in [0.717, 1.165) is 5.01 Å². The summed E-state index contributed by atoms with van der Waals surface area (Å²) >= 11 is 1.23. The van der Waals surface area contributed by atoms with Gasteiger partial charge in [-0.15, -0.1) is 10.2 Å². The Morgan fingerprint density at radius 2 is 1.91 bits per heavy atom. The maximum atomic E-state index is 12.6. The summed E-state index contributed by atoms with van der Waals surface area (Å²) in [5.74, 6) is -0.337. The second-order valence-electron chi connectivity index (χ2n) is 7.21. The van der Waals surface area contributed by atoms with Crippen molar-refractivity contribution in [3.8, 4) is 17.6 Å². The lowest BCUT2D eigenvalue weighted by molar-refractivity contribution is -0.112. The zero-order chi connectivity index (χ0) is 24.7. The summed E-state index contributed by atoms with van der Waals surface area (Å²) in [4.78, 5) is 12.6. The van der Waals surface area contributed by atoms with Gasteiger partial charge in [-0.1, -0.05) is 49.4 Å². The van der Waals surface area contributed by atoms with Crippen molar-refractivity contribution in [1.29, 1.82) is 5.26 Å². The minimum Gasteiger partial charge on any atom is -0.490 e. The monoisotopic (exact) mass is 498 g/mol. The van der Waals surface area contributed by atoms with Crippen LogP contribution < -0.4 is 14.2 Å². The number of hydrogen-bond acceptors (Lipinski definition) is 9. The van der Waals surface area contributed by atoms with Crippen LogP contribution in [0.25, 0.3) is 6.08 Å². The maximum Gasteiger partial charge on any atom is 0.339 e. The first-order valence-corrected chi connectivity index (χ1v) is 12.5. The third-order valence-corrected chi connectivity index (χ3v) is 6.72. The van der Waals surface area contributed by atoms with Crippen LogP contribution in [0.5, 0.6) is 11.5 Å². The summed E-state index contributed by atoms with van der Waals surface area (Å²) in [6.07, 6.45) is 1.36. The molecule has 0 saturated heterocycles. The van der Waals surface area contributed by atoms with Crippen molar-refractivity contribution in [1.82, 2.24) is 10.2 Å². The maximum absolute atomic E-state index is 12.6. The van der Waals surface area contributed by atoms with Gasteiger partial charge < -0.3 is 8.92 Å². The van der Waals surface area contributed by atoms with Crippen LogP contribution >= 0.6 is 11.3 Å². The van der Waals surface area contributed by atoms with Crippen molar-refractivity contribution in [3.05, 3.63) is 64.7 Å². The molecule has 0 fully saturated rings. The molecular weight excluding hydrogens is 476 g/mol. The Kier molecular flexibility index (Phi) is 7.99. The smallest absolute Gasteiger partial charge is 0.339 e. The lowest BCUT2D eigenvalue weighted by atomic mass is 10.1. The predicted octanol–water partition coefficient (Wildman–Crippen LogP) is 4.37. The van der Waals surface area contributed by atoms with Crippen molar-refractivity contribution < 1.29 is 22.1 Å². The van der Waals surface area contributed by atoms with Crippen LogP contribution in [0.15, 0.2) is 59.0 Å². The standard InChI is InChI=1S/C23H22N4O5S2/c1-4-31-20-13-16(10-11-19(20)32-34(29,30)18-8-6-5-7-9-18)12-17(14-24)21(28)25-23-27-26-22(33-23)15(2)3/h5-13,15H,4H2,1-3H3,(H,25,27,28). The van der Waals surface area contributed by atoms with Gasteiger partial charge >= 0.3 is 10.1 Å². The molecule has 3 aromatic rings. The summed E-state index contributed by atoms with van der Waals surface area (Å²) in [6.45, 7) is 5.90. The lowest BCUT2D eigenvalue weighted by Crippen LogP contribution is -2.13. The topological polar surface area (TPSA) is 131 Å². The molecule has 0 aliphatic rings. The number of hydrogen-bond donors (Lipinski definition) is 1. The molecule has 0 bridgehead atoms. The van der Waals surface area contributed by atoms with Crippen LogP contribution in [-0.4, -0.2) is 31.1 Å². The summed E-state index contributed by atoms with van der Waals surface area (Å²) in [7, 11) is -4.07. The average molecular weight is 499 g/mol. The van der Waals surface area contributed by atoms with Crippen LogP contribution in [0.2, 0.25) is 0 Å². The highest BCUT2D eigenvalue weighted by atomic mass is 32.2. The molecule has 176 valence electrons. The van der Waals surface area contributed by atoms with Crippen LogP contribution in [0, 0.1) is 11.3 Å². The fourth-order valence-corrected chi connectivity index (χ4v) is 4.40. The Hall–Kier alpha value is -3.75. The number of nitriles is 1. The molecule has 11 heteroatoms. The van der Waals surface area contributed by atoms with Crippen molar-refractivity contribution in [3.63, 3.8) is 0 Å². The van der Waals surface area contributed by atoms with E-state index in [0.29, 0.717) is 10.7 Å². The van der Waals surface area contributed by atoms with Gasteiger partial charge in [0.15, 0.2) is 11.5 Å². The zero-order valence-electron chi connectivity index (χ0n) is 18.7. The SMILES string of the molecule is CCOc1cc(C=C(C#N)C(=O)Nc2nnc(C(C)C)s2)ccc1OS(=O)(=O)c1ccccc1. The highest BCUT2D eigenvalue weighted by molar-refractivity contribution is 7.87. The van der Waals surface area contributed by atoms with Crippen molar-refractivity contribution in [2.24, 2.45) is 0 Å². The van der Waals surface area contributed by atoms with Gasteiger partial charge in [0.25, 0.3) is 5.91 Å². The molecule has 0 saturated carbocycles. The van der Waals surface area contributed by atoms with Crippen molar-refractivity contribution in [2.75, 3.05) is 11.9 Å². The third kappa shape index (κ3) is 6.18. The summed E-state index contributed by atoms with van der Waals surface area (Å²) in [5, 5.41) is 21.0. The van der Waals surface area contributed by atoms with Gasteiger partial charge in [-0.25, -0.2) is 0 Å². The molecule has 0 unspecified atom stereocenters. The van der Waals surface area contributed by atoms with Gasteiger partial charge in [-0.2, -0.15) is 13.7 Å². The highest BCUT2D eigenvalue weighted by Crippen LogP contribution is 2.32. The number of nitrogens with one attached hydrogen (secondary N) is 1. The van der Waals surface area contributed by atoms with E-state index in [1.165, 1.54) is 47.7 Å². The van der Waals surface area contributed by atoms with Gasteiger partial charge in [0, 0.05) is 5.92 Å². The summed E-state index contributed by atoms with van der Waals surface area (Å²) in [6, 6.07) is 14.0. The third-order valence-electron chi connectivity index (χ3n) is 4.33. The molecule has 1 aromatic heterocycles. The molecule has 0 spiro atoms. The number of carbonyl (C=O) groups excluding carboxylic acids is 1. The number of nitrogens with zero attached hydrogens (tertiary/aromatic N) is 3. The molecule has 1 amide bonds. The minimum absolute atomic E-state index is 0.00200. The first-order valence-electron chi connectivity index (χ1n) is 10.3. The Balaban J connectivity index is 1.85. The number of benzene rings is 2. The van der Waals surface area contributed by atoms with Crippen molar-refractivity contribution >= 4 is 38.6 Å². The molecule has 0 aliphatic carbocycles. The van der Waals surface area contributed by atoms with Crippen LogP contribution in [0.1, 0.15) is 37.3 Å². The Labute approximate surface area is 201 Å². The van der Waals surface area contributed by atoms with E-state index in [-0.39, 0.29) is 34.5 Å². The Morgan fingerprint density at radius 1 is 1.18 bits per heavy atom. The van der Waals surface area contributed by atoms with E-state index in [4.69, 9.17) is 8.92 Å². The fourth-order valence-electron chi connectivity index (χ4n) is 2.70. The first-order chi connectivity index (χ1) is 16.2. The second kappa shape index (κ2) is 10.9. The minimum atomic E-state index is -4.07. The van der Waals surface area contributed by atoms with E-state index >= 15 is 0 Å². The Morgan fingerprint density at radius 3 is 2.53 bits per heavy atom. The summed E-state index contributed by atoms with van der Waals surface area (Å²) in [5.41, 5.74) is 0.272. The first kappa shape index (κ1) is 24.9. The Bertz CT molecular complexity index is 1340. The van der Waals surface area contributed by atoms with Gasteiger partial charge in [-0.3, -0.25) is 10.1 Å². The predicted molar refractivity (Wildman–Crippen MR) is 128 cm³/mol. The number of anilines is 1. The molecule has 0 radical (unpaired) electrons. The zero-order valence-corrected chi connectivity index (χ0v) is 20.3. The second-order valence-corrected chi connectivity index (χ2v) is 9.77. The molecule has 2 aromatic carbocycles. The summed E-state index contributed by atoms with van der Waals surface area (Å²) < 4.78 is 36.0. The van der Waals surface area contributed by atoms with E-state index < -0.39 is 16.0 Å². The largest absolute Gasteiger partial charge is 0.490 e. The molecule has 1 N–H and O–H groups in total. The number of rotatable bonds is 9. The van der Waals surface area contributed by atoms with Crippen LogP contribution in [0.4, 0.5) is 5.13 Å². The van der Waals surface area contributed by atoms with Gasteiger partial charge in [0.2, 0.25) is 5.13 Å². The molecular formula is C23H22N4O5S2. The van der Waals surface area contributed by atoms with Crippen LogP contribution in [0.3, 0.4) is 0 Å². The highest BCUT2D eigenvalue weighted by Gasteiger charge is 2.20. The molecule has 3 rings (SSSR count). The van der Waals surface area contributed by atoms with Gasteiger partial charge in [0.1, 0.15) is 21.5 Å². The lowest BCUT2D eigenvalue weighted by Gasteiger charge is -2.12. The molecule has 9 nitrogen and oxygen atoms in total. The quantitative estimate of drug-likeness (QED) is 0.261. The van der Waals surface area contributed by atoms with Gasteiger partial charge in [0.05, 0.1) is 6.61 Å². The number of amides is 1. The molecule has 0 atom stereocenters. The number of ether oxygens (including phenoxy) is 1. The van der Waals surface area contributed by atoms with E-state index in [1.807, 2.05) is 19.9 Å². The van der Waals surface area contributed by atoms with Crippen molar-refractivity contribution in [2.45, 2.75) is 31.6 Å². The average Bonchev–Trinajstić information content (AvgIpc) is 3.28. The van der Waals surface area contributed by atoms with E-state index in [1.54, 1.807) is 25.1 Å². The molecule has 0 aliphatic heterocycles. The van der Waals surface area contributed by atoms with E-state index in [2.05, 4.69) is 15.5 Å². The van der Waals surface area contributed by atoms with E-state index in [9.17, 15) is 18.5 Å². The fraction of sp³-hybridized carbons (Fsp3) is 0.217. The normalized spacial score (nSPS) is 11.7. The number of carbonyl (C=O) groups is 1. The van der Waals surface area contributed by atoms with Gasteiger partial charge in [-0.05, 0) is 42.8 Å². The molecule has 1 heterocycles. The van der Waals surface area contributed by atoms with Crippen LogP contribution in [-0.2, 0) is 14.9 Å². The molecule has 34 heavy (non-hydrogen) atoms.